The summed E-state index contributed by atoms with van der Waals surface area (Å²) in [5, 5.41) is 2.67. The van der Waals surface area contributed by atoms with Crippen LogP contribution in [0.2, 0.25) is 0 Å². The Labute approximate surface area is 48.3 Å². The van der Waals surface area contributed by atoms with E-state index >= 15 is 0 Å². The van der Waals surface area contributed by atoms with E-state index in [0.29, 0.717) is 11.5 Å². The molecule has 1 amide bonds. The molecule has 2 aliphatic carbocycles. The first-order valence-corrected chi connectivity index (χ1v) is 3.00. The number of hydrogen-bond donors (Lipinski definition) is 1. The lowest BCUT2D eigenvalue weighted by molar-refractivity contribution is 0.538. The van der Waals surface area contributed by atoms with Gasteiger partial charge in [-0.25, -0.2) is 0 Å². The van der Waals surface area contributed by atoms with Gasteiger partial charge in [-0.05, 0) is 24.7 Å². The molecular weight excluding hydrogens is 102 g/mol. The maximum atomic E-state index is 9.73. The zero-order valence-corrected chi connectivity index (χ0v) is 4.61. The Bertz CT molecular complexity index is 128. The van der Waals surface area contributed by atoms with E-state index in [4.69, 9.17) is 0 Å². The average Bonchev–Trinajstić information content (AvgIpc) is 2.57. The highest BCUT2D eigenvalue weighted by Crippen LogP contribution is 2.65. The Morgan fingerprint density at radius 1 is 1.62 bits per heavy atom. The summed E-state index contributed by atoms with van der Waals surface area (Å²) in [6.45, 7) is 0. The fourth-order valence-electron chi connectivity index (χ4n) is 1.34. The van der Waals surface area contributed by atoms with Crippen LogP contribution in [-0.2, 0) is 4.79 Å². The molecule has 0 saturated heterocycles. The van der Waals surface area contributed by atoms with Crippen LogP contribution in [0.1, 0.15) is 19.3 Å². The van der Waals surface area contributed by atoms with Gasteiger partial charge in [-0.2, -0.15) is 0 Å². The molecule has 0 aromatic heterocycles. The smallest absolute Gasteiger partial charge is 0.309 e. The van der Waals surface area contributed by atoms with Gasteiger partial charge in [0.2, 0.25) is 0 Å². The SMILES string of the molecule is O=[C]N[C@@H]1CC12CC2. The number of hydrogen-bond acceptors (Lipinski definition) is 1. The molecule has 2 nitrogen and oxygen atoms in total. The number of amides is 1. The van der Waals surface area contributed by atoms with E-state index in [9.17, 15) is 4.79 Å². The van der Waals surface area contributed by atoms with Crippen molar-refractivity contribution in [3.63, 3.8) is 0 Å². The predicted molar refractivity (Wildman–Crippen MR) is 28.9 cm³/mol. The maximum absolute atomic E-state index is 9.73. The highest BCUT2D eigenvalue weighted by Gasteiger charge is 2.62. The average molecular weight is 110 g/mol. The van der Waals surface area contributed by atoms with E-state index in [0.717, 1.165) is 0 Å². The van der Waals surface area contributed by atoms with Crippen LogP contribution in [0.5, 0.6) is 0 Å². The van der Waals surface area contributed by atoms with Gasteiger partial charge < -0.3 is 5.32 Å². The van der Waals surface area contributed by atoms with Crippen LogP contribution in [0, 0.1) is 5.41 Å². The van der Waals surface area contributed by atoms with Crippen molar-refractivity contribution in [2.45, 2.75) is 25.3 Å². The second-order valence-electron chi connectivity index (χ2n) is 2.87. The van der Waals surface area contributed by atoms with E-state index in [2.05, 4.69) is 5.32 Å². The predicted octanol–water partition coefficient (Wildman–Crippen LogP) is 0.196. The first kappa shape index (κ1) is 4.36. The maximum Gasteiger partial charge on any atom is 0.309 e. The van der Waals surface area contributed by atoms with Crippen molar-refractivity contribution in [1.29, 1.82) is 0 Å². The van der Waals surface area contributed by atoms with Gasteiger partial charge in [0.05, 0.1) is 0 Å². The lowest BCUT2D eigenvalue weighted by atomic mass is 10.4. The summed E-state index contributed by atoms with van der Waals surface area (Å²) in [4.78, 5) is 9.73. The molecule has 0 bridgehead atoms. The molecule has 1 spiro atoms. The van der Waals surface area contributed by atoms with Crippen LogP contribution >= 0.6 is 0 Å². The Balaban J connectivity index is 1.88. The molecule has 8 heavy (non-hydrogen) atoms. The number of rotatable bonds is 2. The summed E-state index contributed by atoms with van der Waals surface area (Å²) in [6.07, 6.45) is 5.59. The van der Waals surface area contributed by atoms with Crippen molar-refractivity contribution in [3.8, 4) is 0 Å². The topological polar surface area (TPSA) is 29.1 Å². The Morgan fingerprint density at radius 2 is 2.38 bits per heavy atom. The summed E-state index contributed by atoms with van der Waals surface area (Å²) < 4.78 is 0. The minimum absolute atomic E-state index is 0.500. The highest BCUT2D eigenvalue weighted by atomic mass is 16.1. The second kappa shape index (κ2) is 1.07. The molecule has 0 aromatic carbocycles. The van der Waals surface area contributed by atoms with Crippen LogP contribution < -0.4 is 5.32 Å². The van der Waals surface area contributed by atoms with Gasteiger partial charge in [0.15, 0.2) is 0 Å². The molecule has 1 atom stereocenters. The van der Waals surface area contributed by atoms with Gasteiger partial charge >= 0.3 is 6.41 Å². The molecular formula is C6H8NO. The molecule has 0 aliphatic heterocycles. The van der Waals surface area contributed by atoms with Crippen molar-refractivity contribution in [2.24, 2.45) is 5.41 Å². The molecule has 2 aliphatic rings. The van der Waals surface area contributed by atoms with E-state index in [1.165, 1.54) is 19.3 Å². The number of carbonyl (C=O) groups excluding carboxylic acids is 1. The molecule has 43 valence electrons. The third-order valence-electron chi connectivity index (χ3n) is 2.32. The largest absolute Gasteiger partial charge is 0.345 e. The molecule has 0 unspecified atom stereocenters. The fourth-order valence-corrected chi connectivity index (χ4v) is 1.34. The molecule has 2 saturated carbocycles. The van der Waals surface area contributed by atoms with Gasteiger partial charge in [-0.1, -0.05) is 0 Å². The second-order valence-corrected chi connectivity index (χ2v) is 2.87. The van der Waals surface area contributed by atoms with E-state index in [-0.39, 0.29) is 0 Å². The van der Waals surface area contributed by atoms with Crippen molar-refractivity contribution in [2.75, 3.05) is 0 Å². The molecule has 2 rings (SSSR count). The van der Waals surface area contributed by atoms with Gasteiger partial charge in [-0.15, -0.1) is 0 Å². The summed E-state index contributed by atoms with van der Waals surface area (Å²) in [5.41, 5.74) is 0.595. The summed E-state index contributed by atoms with van der Waals surface area (Å²) >= 11 is 0. The third kappa shape index (κ3) is 0.403. The Morgan fingerprint density at radius 3 is 2.75 bits per heavy atom. The molecule has 2 heteroatoms. The minimum Gasteiger partial charge on any atom is -0.345 e. The van der Waals surface area contributed by atoms with Crippen LogP contribution in [0.15, 0.2) is 0 Å². The summed E-state index contributed by atoms with van der Waals surface area (Å²) in [6, 6.07) is 0.500. The van der Waals surface area contributed by atoms with Gasteiger partial charge in [0.25, 0.3) is 0 Å². The molecule has 2 fully saturated rings. The quantitative estimate of drug-likeness (QED) is 0.505. The van der Waals surface area contributed by atoms with Crippen molar-refractivity contribution in [1.82, 2.24) is 5.32 Å². The lowest BCUT2D eigenvalue weighted by Gasteiger charge is -1.87. The van der Waals surface area contributed by atoms with Crippen molar-refractivity contribution in [3.05, 3.63) is 0 Å². The first-order chi connectivity index (χ1) is 3.87. The standard InChI is InChI=1S/C6H8NO/c8-4-7-5-3-6(5)1-2-6/h5H,1-3H2,(H,7,8)/t5-/m1/s1. The van der Waals surface area contributed by atoms with E-state index in [1.807, 2.05) is 0 Å². The minimum atomic E-state index is 0.500. The molecule has 1 N–H and O–H groups in total. The lowest BCUT2D eigenvalue weighted by Crippen LogP contribution is -2.15. The Kier molecular flexibility index (Phi) is 0.581. The number of nitrogens with one attached hydrogen (secondary N) is 1. The summed E-state index contributed by atoms with van der Waals surface area (Å²) in [7, 11) is 0. The van der Waals surface area contributed by atoms with E-state index in [1.54, 1.807) is 6.41 Å². The highest BCUT2D eigenvalue weighted by molar-refractivity contribution is 5.50. The normalized spacial score (nSPS) is 36.8. The van der Waals surface area contributed by atoms with Crippen LogP contribution in [0.25, 0.3) is 0 Å². The molecule has 0 heterocycles. The van der Waals surface area contributed by atoms with E-state index < -0.39 is 0 Å². The van der Waals surface area contributed by atoms with Crippen LogP contribution in [-0.4, -0.2) is 12.5 Å². The third-order valence-corrected chi connectivity index (χ3v) is 2.32. The first-order valence-electron chi connectivity index (χ1n) is 3.00. The van der Waals surface area contributed by atoms with Gasteiger partial charge in [0, 0.05) is 6.04 Å². The van der Waals surface area contributed by atoms with Gasteiger partial charge in [0.1, 0.15) is 0 Å². The zero-order valence-electron chi connectivity index (χ0n) is 4.61. The Hall–Kier alpha value is -0.530. The van der Waals surface area contributed by atoms with Crippen molar-refractivity contribution < 1.29 is 4.79 Å². The monoisotopic (exact) mass is 110 g/mol. The van der Waals surface area contributed by atoms with Crippen molar-refractivity contribution >= 4 is 6.41 Å². The molecule has 1 radical (unpaired) electrons. The zero-order chi connectivity index (χ0) is 5.61. The van der Waals surface area contributed by atoms with Crippen LogP contribution in [0.3, 0.4) is 0 Å². The summed E-state index contributed by atoms with van der Waals surface area (Å²) in [5.74, 6) is 0. The fraction of sp³-hybridized carbons (Fsp3) is 0.833. The molecule has 0 aromatic rings. The van der Waals surface area contributed by atoms with Crippen LogP contribution in [0.4, 0.5) is 0 Å². The van der Waals surface area contributed by atoms with Gasteiger partial charge in [-0.3, -0.25) is 4.79 Å².